The molecule has 96 valence electrons. The maximum atomic E-state index is 11.8. The van der Waals surface area contributed by atoms with Gasteiger partial charge >= 0.3 is 6.03 Å². The van der Waals surface area contributed by atoms with E-state index in [1.807, 2.05) is 24.3 Å². The van der Waals surface area contributed by atoms with Crippen molar-refractivity contribution < 1.29 is 4.79 Å². The molecule has 1 aromatic rings. The number of urea groups is 1. The van der Waals surface area contributed by atoms with Crippen LogP contribution < -0.4 is 10.6 Å². The number of fused-ring (bicyclic) bond motifs is 1. The van der Waals surface area contributed by atoms with Crippen LogP contribution in [0.25, 0.3) is 0 Å². The lowest BCUT2D eigenvalue weighted by Crippen LogP contribution is -2.42. The van der Waals surface area contributed by atoms with Crippen molar-refractivity contribution in [2.75, 3.05) is 0 Å². The molecule has 0 aliphatic heterocycles. The molecule has 1 aromatic carbocycles. The summed E-state index contributed by atoms with van der Waals surface area (Å²) in [5.74, 6) is 1.60. The molecule has 0 heterocycles. The van der Waals surface area contributed by atoms with E-state index in [1.165, 1.54) is 12.8 Å². The maximum Gasteiger partial charge on any atom is 0.315 e. The number of amides is 2. The molecule has 1 unspecified atom stereocenters. The van der Waals surface area contributed by atoms with Crippen molar-refractivity contribution >= 4 is 17.6 Å². The first kappa shape index (κ1) is 11.8. The Bertz CT molecular complexity index is 457. The fraction of sp³-hybridized carbons (Fsp3) is 0.500. The van der Waals surface area contributed by atoms with Crippen LogP contribution in [0.3, 0.4) is 0 Å². The predicted octanol–water partition coefficient (Wildman–Crippen LogP) is 2.94. The first-order valence-corrected chi connectivity index (χ1v) is 6.87. The minimum Gasteiger partial charge on any atom is -0.335 e. The second-order valence-electron chi connectivity index (χ2n) is 5.40. The van der Waals surface area contributed by atoms with E-state index in [2.05, 4.69) is 10.6 Å². The van der Waals surface area contributed by atoms with Gasteiger partial charge in [-0.05, 0) is 48.8 Å². The molecule has 4 rings (SSSR count). The van der Waals surface area contributed by atoms with Crippen molar-refractivity contribution in [2.45, 2.75) is 31.8 Å². The number of halogens is 1. The van der Waals surface area contributed by atoms with E-state index in [0.717, 1.165) is 23.8 Å². The van der Waals surface area contributed by atoms with Crippen LogP contribution in [0.1, 0.15) is 24.8 Å². The van der Waals surface area contributed by atoms with Crippen LogP contribution in [0, 0.1) is 11.8 Å². The maximum absolute atomic E-state index is 11.8. The van der Waals surface area contributed by atoms with Crippen LogP contribution in [-0.4, -0.2) is 12.1 Å². The topological polar surface area (TPSA) is 41.1 Å². The number of rotatable bonds is 3. The third-order valence-electron chi connectivity index (χ3n) is 4.09. The Hall–Kier alpha value is -1.22. The monoisotopic (exact) mass is 264 g/mol. The van der Waals surface area contributed by atoms with Gasteiger partial charge in [0.05, 0.1) is 0 Å². The molecule has 3 saturated carbocycles. The van der Waals surface area contributed by atoms with E-state index in [4.69, 9.17) is 11.6 Å². The highest BCUT2D eigenvalue weighted by Gasteiger charge is 2.44. The van der Waals surface area contributed by atoms with Gasteiger partial charge in [0.15, 0.2) is 0 Å². The molecule has 2 N–H and O–H groups in total. The van der Waals surface area contributed by atoms with Crippen molar-refractivity contribution in [3.05, 3.63) is 34.9 Å². The summed E-state index contributed by atoms with van der Waals surface area (Å²) in [6.45, 7) is 0.521. The lowest BCUT2D eigenvalue weighted by Gasteiger charge is -2.24. The van der Waals surface area contributed by atoms with Crippen molar-refractivity contribution in [1.29, 1.82) is 0 Å². The lowest BCUT2D eigenvalue weighted by atomic mass is 9.84. The van der Waals surface area contributed by atoms with E-state index >= 15 is 0 Å². The van der Waals surface area contributed by atoms with Gasteiger partial charge in [-0.1, -0.05) is 23.7 Å². The summed E-state index contributed by atoms with van der Waals surface area (Å²) in [7, 11) is 0. The van der Waals surface area contributed by atoms with Crippen molar-refractivity contribution in [2.24, 2.45) is 11.8 Å². The second-order valence-corrected chi connectivity index (χ2v) is 5.83. The Morgan fingerprint density at radius 3 is 2.83 bits per heavy atom. The largest absolute Gasteiger partial charge is 0.335 e. The number of hydrogen-bond acceptors (Lipinski definition) is 1. The van der Waals surface area contributed by atoms with Gasteiger partial charge in [-0.15, -0.1) is 0 Å². The van der Waals surface area contributed by atoms with Crippen LogP contribution in [-0.2, 0) is 6.54 Å². The smallest absolute Gasteiger partial charge is 0.315 e. The molecule has 3 aliphatic rings. The van der Waals surface area contributed by atoms with Crippen LogP contribution in [0.15, 0.2) is 24.3 Å². The highest BCUT2D eigenvalue weighted by molar-refractivity contribution is 6.30. The van der Waals surface area contributed by atoms with E-state index in [0.29, 0.717) is 17.6 Å². The average molecular weight is 265 g/mol. The molecule has 18 heavy (non-hydrogen) atoms. The zero-order valence-electron chi connectivity index (χ0n) is 10.2. The van der Waals surface area contributed by atoms with Gasteiger partial charge in [0.1, 0.15) is 0 Å². The Kier molecular flexibility index (Phi) is 3.16. The molecule has 0 saturated heterocycles. The number of nitrogens with one attached hydrogen (secondary N) is 2. The standard InChI is InChI=1S/C14H17ClN2O/c15-12-3-1-2-9(6-12)8-16-14(18)17-13-7-10-4-11(13)5-10/h1-3,6,10-11,13H,4-5,7-8H2,(H2,16,17,18). The van der Waals surface area contributed by atoms with Gasteiger partial charge in [-0.25, -0.2) is 4.79 Å². The number of benzene rings is 1. The molecule has 0 radical (unpaired) electrons. The van der Waals surface area contributed by atoms with Crippen LogP contribution in [0.5, 0.6) is 0 Å². The average Bonchev–Trinajstić information content (AvgIpc) is 2.84. The minimum atomic E-state index is -0.0625. The zero-order valence-corrected chi connectivity index (χ0v) is 10.9. The molecule has 0 aromatic heterocycles. The summed E-state index contributed by atoms with van der Waals surface area (Å²) < 4.78 is 0. The Labute approximate surface area is 112 Å². The molecule has 3 nitrogen and oxygen atoms in total. The highest BCUT2D eigenvalue weighted by Crippen LogP contribution is 2.48. The lowest BCUT2D eigenvalue weighted by molar-refractivity contribution is 0.230. The van der Waals surface area contributed by atoms with Gasteiger partial charge in [0.25, 0.3) is 0 Å². The Morgan fingerprint density at radius 1 is 1.33 bits per heavy atom. The van der Waals surface area contributed by atoms with Gasteiger partial charge < -0.3 is 10.6 Å². The van der Waals surface area contributed by atoms with Gasteiger partial charge in [-0.2, -0.15) is 0 Å². The van der Waals surface area contributed by atoms with Crippen molar-refractivity contribution in [3.8, 4) is 0 Å². The van der Waals surface area contributed by atoms with E-state index < -0.39 is 0 Å². The van der Waals surface area contributed by atoms with Gasteiger partial charge in [0.2, 0.25) is 0 Å². The molecule has 0 spiro atoms. The Balaban J connectivity index is 1.46. The van der Waals surface area contributed by atoms with E-state index in [9.17, 15) is 4.79 Å². The minimum absolute atomic E-state index is 0.0625. The highest BCUT2D eigenvalue weighted by atomic mass is 35.5. The van der Waals surface area contributed by atoms with E-state index in [1.54, 1.807) is 0 Å². The normalized spacial score (nSPS) is 28.6. The fourth-order valence-corrected chi connectivity index (χ4v) is 3.30. The first-order valence-electron chi connectivity index (χ1n) is 6.49. The third kappa shape index (κ3) is 2.46. The molecule has 4 heteroatoms. The first-order chi connectivity index (χ1) is 8.70. The number of carbonyl (C=O) groups is 1. The summed E-state index contributed by atoms with van der Waals surface area (Å²) in [5, 5.41) is 6.66. The molecule has 3 aliphatic carbocycles. The molecule has 3 fully saturated rings. The molecule has 1 atom stereocenters. The van der Waals surface area contributed by atoms with Crippen molar-refractivity contribution in [3.63, 3.8) is 0 Å². The summed E-state index contributed by atoms with van der Waals surface area (Å²) in [6.07, 6.45) is 3.77. The summed E-state index contributed by atoms with van der Waals surface area (Å²) >= 11 is 5.89. The number of carbonyl (C=O) groups excluding carboxylic acids is 1. The zero-order chi connectivity index (χ0) is 12.5. The van der Waals surface area contributed by atoms with Crippen LogP contribution in [0.2, 0.25) is 5.02 Å². The predicted molar refractivity (Wildman–Crippen MR) is 71.4 cm³/mol. The summed E-state index contributed by atoms with van der Waals surface area (Å²) in [6, 6.07) is 7.88. The fourth-order valence-electron chi connectivity index (χ4n) is 3.09. The SMILES string of the molecule is O=C(NCc1cccc(Cl)c1)NC1CC2CC1C2. The quantitative estimate of drug-likeness (QED) is 0.866. The van der Waals surface area contributed by atoms with Gasteiger partial charge in [0, 0.05) is 17.6 Å². The summed E-state index contributed by atoms with van der Waals surface area (Å²) in [4.78, 5) is 11.8. The third-order valence-corrected chi connectivity index (χ3v) is 4.32. The van der Waals surface area contributed by atoms with Crippen LogP contribution in [0.4, 0.5) is 4.79 Å². The second kappa shape index (κ2) is 4.81. The van der Waals surface area contributed by atoms with E-state index in [-0.39, 0.29) is 6.03 Å². The number of hydrogen-bond donors (Lipinski definition) is 2. The summed E-state index contributed by atoms with van der Waals surface area (Å²) in [5.41, 5.74) is 1.02. The van der Waals surface area contributed by atoms with Crippen molar-refractivity contribution in [1.82, 2.24) is 10.6 Å². The molecule has 2 amide bonds. The molecular weight excluding hydrogens is 248 g/mol. The molecular formula is C14H17ClN2O. The molecule has 2 bridgehead atoms. The van der Waals surface area contributed by atoms with Crippen LogP contribution >= 0.6 is 11.6 Å². The Morgan fingerprint density at radius 2 is 2.17 bits per heavy atom. The van der Waals surface area contributed by atoms with Gasteiger partial charge in [-0.3, -0.25) is 0 Å².